The van der Waals surface area contributed by atoms with Crippen LogP contribution in [-0.2, 0) is 0 Å². The van der Waals surface area contributed by atoms with Crippen LogP contribution < -0.4 is 11.1 Å². The number of fused-ring (bicyclic) bond motifs is 2. The number of H-pyrrole nitrogens is 2. The van der Waals surface area contributed by atoms with E-state index in [1.165, 1.54) is 12.1 Å². The minimum atomic E-state index is -0.334. The van der Waals surface area contributed by atoms with Crippen LogP contribution in [0.3, 0.4) is 0 Å². The van der Waals surface area contributed by atoms with E-state index in [0.717, 1.165) is 53.8 Å². The summed E-state index contributed by atoms with van der Waals surface area (Å²) in [6.45, 7) is 2.62. The maximum atomic E-state index is 14.7. The number of piperidine rings is 1. The Balaban J connectivity index is 1.41. The van der Waals surface area contributed by atoms with Crippen molar-refractivity contribution in [2.75, 3.05) is 33.7 Å². The summed E-state index contributed by atoms with van der Waals surface area (Å²) < 4.78 is 14.7. The number of hydrogen-bond donors (Lipinski definition) is 4. The largest absolute Gasteiger partial charge is 0.335 e. The maximum Gasteiger partial charge on any atom is 0.178 e. The first-order valence-electron chi connectivity index (χ1n) is 12.6. The van der Waals surface area contributed by atoms with Gasteiger partial charge in [0.05, 0.1) is 11.0 Å². The van der Waals surface area contributed by atoms with Crippen molar-refractivity contribution in [1.82, 2.24) is 40.3 Å². The van der Waals surface area contributed by atoms with Crippen molar-refractivity contribution in [1.29, 1.82) is 0 Å². The molecule has 1 saturated heterocycles. The molecule has 0 spiro atoms. The second kappa shape index (κ2) is 9.62. The molecule has 37 heavy (non-hydrogen) atoms. The summed E-state index contributed by atoms with van der Waals surface area (Å²) in [4.78, 5) is 19.5. The topological polar surface area (TPSA) is 124 Å². The molecular weight excluding hydrogens is 469 g/mol. The smallest absolute Gasteiger partial charge is 0.178 e. The molecular formula is C27H30FN9. The third-order valence-electron chi connectivity index (χ3n) is 7.02. The minimum absolute atomic E-state index is 0.310. The number of aromatic nitrogens is 6. The van der Waals surface area contributed by atoms with Crippen LogP contribution in [0.25, 0.3) is 44.8 Å². The third-order valence-corrected chi connectivity index (χ3v) is 7.02. The first-order valence-corrected chi connectivity index (χ1v) is 12.6. The summed E-state index contributed by atoms with van der Waals surface area (Å²) in [6.07, 6.45) is 3.82. The lowest BCUT2D eigenvalue weighted by Crippen LogP contribution is -2.27. The third kappa shape index (κ3) is 4.59. The molecule has 1 aromatic carbocycles. The van der Waals surface area contributed by atoms with E-state index >= 15 is 0 Å². The standard InChI is InChI=1S/C27H30FN9/c1-37(2)14-20(29)17-11-16(12-18(28)13-17)19-7-10-31-26-23(19)33-27(34-26)25-24-22(35-36-25)4-3-21(32-24)15-5-8-30-9-6-15/h3-4,7,10-13,15,20,30H,5-6,8-9,14,29H2,1-2H3,(H,35,36)(H,31,33,34). The molecule has 1 atom stereocenters. The molecule has 5 heterocycles. The van der Waals surface area contributed by atoms with Gasteiger partial charge < -0.3 is 20.9 Å². The van der Waals surface area contributed by atoms with Gasteiger partial charge in [0.15, 0.2) is 17.2 Å². The van der Waals surface area contributed by atoms with Crippen LogP contribution in [0.4, 0.5) is 4.39 Å². The van der Waals surface area contributed by atoms with Crippen molar-refractivity contribution in [3.8, 4) is 22.6 Å². The normalized spacial score (nSPS) is 15.7. The highest BCUT2D eigenvalue weighted by Crippen LogP contribution is 2.33. The van der Waals surface area contributed by atoms with Gasteiger partial charge in [0.2, 0.25) is 0 Å². The van der Waals surface area contributed by atoms with Crippen LogP contribution in [0.2, 0.25) is 0 Å². The average molecular weight is 500 g/mol. The summed E-state index contributed by atoms with van der Waals surface area (Å²) >= 11 is 0. The molecule has 4 aromatic heterocycles. The van der Waals surface area contributed by atoms with Gasteiger partial charge in [0.1, 0.15) is 11.3 Å². The number of nitrogens with zero attached hydrogens (tertiary/aromatic N) is 5. The quantitative estimate of drug-likeness (QED) is 0.281. The van der Waals surface area contributed by atoms with Gasteiger partial charge in [-0.25, -0.2) is 19.3 Å². The van der Waals surface area contributed by atoms with E-state index in [-0.39, 0.29) is 11.9 Å². The number of hydrogen-bond acceptors (Lipinski definition) is 7. The zero-order valence-electron chi connectivity index (χ0n) is 20.9. The molecule has 1 aliphatic heterocycles. The highest BCUT2D eigenvalue weighted by molar-refractivity contribution is 5.94. The van der Waals surface area contributed by atoms with Crippen molar-refractivity contribution >= 4 is 22.2 Å². The van der Waals surface area contributed by atoms with E-state index in [2.05, 4.69) is 31.5 Å². The number of nitrogens with two attached hydrogens (primary N) is 1. The first kappa shape index (κ1) is 23.7. The summed E-state index contributed by atoms with van der Waals surface area (Å²) in [5.74, 6) is 0.662. The van der Waals surface area contributed by atoms with Crippen molar-refractivity contribution in [2.24, 2.45) is 5.73 Å². The van der Waals surface area contributed by atoms with Crippen molar-refractivity contribution in [2.45, 2.75) is 24.8 Å². The van der Waals surface area contributed by atoms with E-state index in [0.29, 0.717) is 40.7 Å². The highest BCUT2D eigenvalue weighted by Gasteiger charge is 2.21. The van der Waals surface area contributed by atoms with Crippen molar-refractivity contribution in [3.63, 3.8) is 0 Å². The molecule has 0 radical (unpaired) electrons. The summed E-state index contributed by atoms with van der Waals surface area (Å²) in [6, 6.07) is 10.6. The minimum Gasteiger partial charge on any atom is -0.335 e. The summed E-state index contributed by atoms with van der Waals surface area (Å²) in [5, 5.41) is 11.0. The number of benzene rings is 1. The number of rotatable bonds is 6. The Bertz CT molecular complexity index is 1570. The number of nitrogens with one attached hydrogen (secondary N) is 3. The number of pyridine rings is 2. The van der Waals surface area contributed by atoms with Gasteiger partial charge in [0, 0.05) is 36.0 Å². The van der Waals surface area contributed by atoms with Crippen LogP contribution in [-0.4, -0.2) is 68.8 Å². The van der Waals surface area contributed by atoms with Gasteiger partial charge in [-0.15, -0.1) is 0 Å². The Morgan fingerprint density at radius 3 is 2.76 bits per heavy atom. The van der Waals surface area contributed by atoms with Gasteiger partial charge >= 0.3 is 0 Å². The summed E-state index contributed by atoms with van der Waals surface area (Å²) in [5.41, 5.74) is 13.2. The zero-order chi connectivity index (χ0) is 25.5. The van der Waals surface area contributed by atoms with Gasteiger partial charge in [-0.2, -0.15) is 5.10 Å². The predicted molar refractivity (Wildman–Crippen MR) is 142 cm³/mol. The maximum absolute atomic E-state index is 14.7. The SMILES string of the molecule is CN(C)CC(N)c1cc(F)cc(-c2ccnc3nc(-c4n[nH]c5ccc(C6CCNCC6)nc45)[nH]c23)c1. The molecule has 5 N–H and O–H groups in total. The van der Waals surface area contributed by atoms with E-state index in [1.807, 2.05) is 37.2 Å². The van der Waals surface area contributed by atoms with E-state index in [9.17, 15) is 4.39 Å². The van der Waals surface area contributed by atoms with Crippen molar-refractivity contribution in [3.05, 3.63) is 59.7 Å². The van der Waals surface area contributed by atoms with E-state index < -0.39 is 0 Å². The molecule has 1 fully saturated rings. The lowest BCUT2D eigenvalue weighted by Gasteiger charge is -2.22. The molecule has 10 heteroatoms. The van der Waals surface area contributed by atoms with Gasteiger partial charge in [0.25, 0.3) is 0 Å². The number of likely N-dealkylation sites (N-methyl/N-ethyl adjacent to an activating group) is 1. The summed E-state index contributed by atoms with van der Waals surface area (Å²) in [7, 11) is 3.89. The molecule has 0 bridgehead atoms. The van der Waals surface area contributed by atoms with Gasteiger partial charge in [-0.3, -0.25) is 5.10 Å². The number of halogens is 1. The van der Waals surface area contributed by atoms with E-state index in [4.69, 9.17) is 15.7 Å². The fraction of sp³-hybridized carbons (Fsp3) is 0.333. The molecule has 1 unspecified atom stereocenters. The fourth-order valence-corrected chi connectivity index (χ4v) is 5.17. The lowest BCUT2D eigenvalue weighted by atomic mass is 9.94. The Hall–Kier alpha value is -3.73. The second-order valence-electron chi connectivity index (χ2n) is 10.0. The molecule has 190 valence electrons. The number of imidazole rings is 1. The second-order valence-corrected chi connectivity index (χ2v) is 10.0. The highest BCUT2D eigenvalue weighted by atomic mass is 19.1. The van der Waals surface area contributed by atoms with E-state index in [1.54, 1.807) is 6.20 Å². The van der Waals surface area contributed by atoms with Crippen LogP contribution in [0.5, 0.6) is 0 Å². The van der Waals surface area contributed by atoms with Gasteiger partial charge in [-0.05, 0) is 87.6 Å². The van der Waals surface area contributed by atoms with Crippen LogP contribution in [0.15, 0.2) is 42.6 Å². The molecule has 0 aliphatic carbocycles. The molecule has 5 aromatic rings. The Morgan fingerprint density at radius 2 is 1.95 bits per heavy atom. The average Bonchev–Trinajstić information content (AvgIpc) is 3.52. The monoisotopic (exact) mass is 499 g/mol. The zero-order valence-corrected chi connectivity index (χ0v) is 20.9. The molecule has 0 saturated carbocycles. The van der Waals surface area contributed by atoms with Crippen LogP contribution in [0.1, 0.15) is 36.1 Å². The molecule has 0 amide bonds. The Labute approximate surface area is 213 Å². The fourth-order valence-electron chi connectivity index (χ4n) is 5.17. The lowest BCUT2D eigenvalue weighted by molar-refractivity contribution is 0.376. The van der Waals surface area contributed by atoms with Crippen molar-refractivity contribution < 1.29 is 4.39 Å². The predicted octanol–water partition coefficient (Wildman–Crippen LogP) is 3.73. The molecule has 6 rings (SSSR count). The number of aromatic amines is 2. The van der Waals surface area contributed by atoms with Gasteiger partial charge in [-0.1, -0.05) is 0 Å². The first-order chi connectivity index (χ1) is 18.0. The Morgan fingerprint density at radius 1 is 1.11 bits per heavy atom. The molecule has 9 nitrogen and oxygen atoms in total. The van der Waals surface area contributed by atoms with Crippen LogP contribution >= 0.6 is 0 Å². The molecule has 1 aliphatic rings. The van der Waals surface area contributed by atoms with Crippen LogP contribution in [0, 0.1) is 5.82 Å². The Kier molecular flexibility index (Phi) is 6.15.